The minimum atomic E-state index is -0.525. The number of halogens is 1. The minimum Gasteiger partial charge on any atom is -0.352 e. The molecule has 18 heavy (non-hydrogen) atoms. The third-order valence-corrected chi connectivity index (χ3v) is 3.17. The number of nitrogens with two attached hydrogens (primary N) is 1. The van der Waals surface area contributed by atoms with Gasteiger partial charge >= 0.3 is 0 Å². The van der Waals surface area contributed by atoms with Crippen molar-refractivity contribution in [2.75, 3.05) is 12.0 Å². The third kappa shape index (κ3) is 3.20. The van der Waals surface area contributed by atoms with E-state index in [9.17, 15) is 9.18 Å². The molecule has 0 radical (unpaired) electrons. The lowest BCUT2D eigenvalue weighted by molar-refractivity contribution is 0.0953. The molecular weight excluding hydrogens is 233 g/mol. The zero-order chi connectivity index (χ0) is 13.0. The molecule has 1 amide bonds. The Kier molecular flexibility index (Phi) is 4.15. The molecule has 1 aromatic rings. The van der Waals surface area contributed by atoms with Gasteiger partial charge in [-0.25, -0.2) is 4.39 Å². The molecule has 0 heterocycles. The summed E-state index contributed by atoms with van der Waals surface area (Å²) >= 11 is 0. The second-order valence-corrected chi connectivity index (χ2v) is 4.65. The number of amides is 1. The van der Waals surface area contributed by atoms with Crippen molar-refractivity contribution in [3.63, 3.8) is 0 Å². The summed E-state index contributed by atoms with van der Waals surface area (Å²) in [6, 6.07) is 4.31. The maximum Gasteiger partial charge on any atom is 0.253 e. The molecule has 0 atom stereocenters. The molecule has 0 unspecified atom stereocenters. The van der Waals surface area contributed by atoms with E-state index in [0.29, 0.717) is 6.54 Å². The highest BCUT2D eigenvalue weighted by molar-refractivity contribution is 5.99. The molecule has 0 aromatic heterocycles. The number of anilines is 1. The number of nitrogens with one attached hydrogen (secondary N) is 2. The van der Waals surface area contributed by atoms with Crippen molar-refractivity contribution in [3.05, 3.63) is 29.6 Å². The predicted octanol–water partition coefficient (Wildman–Crippen LogP) is 2.03. The lowest BCUT2D eigenvalue weighted by Crippen LogP contribution is -2.26. The van der Waals surface area contributed by atoms with Gasteiger partial charge < -0.3 is 10.7 Å². The summed E-state index contributed by atoms with van der Waals surface area (Å²) in [6.07, 6.45) is 4.76. The lowest BCUT2D eigenvalue weighted by atomic mass is 10.1. The van der Waals surface area contributed by atoms with Crippen LogP contribution >= 0.6 is 0 Å². The fraction of sp³-hybridized carbons (Fsp3) is 0.462. The second-order valence-electron chi connectivity index (χ2n) is 4.65. The maximum atomic E-state index is 13.4. The predicted molar refractivity (Wildman–Crippen MR) is 68.5 cm³/mol. The topological polar surface area (TPSA) is 67.1 Å². The monoisotopic (exact) mass is 251 g/mol. The molecule has 1 aromatic carbocycles. The van der Waals surface area contributed by atoms with Crippen LogP contribution in [0.15, 0.2) is 18.2 Å². The highest BCUT2D eigenvalue weighted by Gasteiger charge is 2.20. The Morgan fingerprint density at radius 2 is 2.22 bits per heavy atom. The van der Waals surface area contributed by atoms with Crippen molar-refractivity contribution in [2.24, 2.45) is 11.8 Å². The van der Waals surface area contributed by atoms with Gasteiger partial charge in [-0.1, -0.05) is 18.9 Å². The van der Waals surface area contributed by atoms with Crippen molar-refractivity contribution in [2.45, 2.75) is 25.7 Å². The number of hydrogen-bond acceptors (Lipinski definition) is 3. The molecule has 0 spiro atoms. The zero-order valence-corrected chi connectivity index (χ0v) is 10.2. The van der Waals surface area contributed by atoms with E-state index >= 15 is 0 Å². The van der Waals surface area contributed by atoms with Gasteiger partial charge in [0.1, 0.15) is 5.82 Å². The minimum absolute atomic E-state index is 0.0391. The van der Waals surface area contributed by atoms with E-state index in [-0.39, 0.29) is 17.2 Å². The van der Waals surface area contributed by atoms with Crippen molar-refractivity contribution in [1.82, 2.24) is 5.32 Å². The Balaban J connectivity index is 1.88. The van der Waals surface area contributed by atoms with E-state index in [0.717, 1.165) is 18.8 Å². The van der Waals surface area contributed by atoms with Crippen molar-refractivity contribution in [3.8, 4) is 0 Å². The van der Waals surface area contributed by atoms with Crippen LogP contribution in [-0.4, -0.2) is 12.5 Å². The van der Waals surface area contributed by atoms with Gasteiger partial charge in [-0.05, 0) is 30.9 Å². The smallest absolute Gasteiger partial charge is 0.253 e. The molecule has 0 aliphatic heterocycles. The van der Waals surface area contributed by atoms with Gasteiger partial charge in [-0.2, -0.15) is 0 Å². The number of carbonyl (C=O) groups excluding carboxylic acids is 1. The highest BCUT2D eigenvalue weighted by Crippen LogP contribution is 2.33. The number of benzene rings is 1. The van der Waals surface area contributed by atoms with Crippen LogP contribution in [0.4, 0.5) is 10.1 Å². The van der Waals surface area contributed by atoms with E-state index in [2.05, 4.69) is 10.7 Å². The molecule has 1 aliphatic rings. The van der Waals surface area contributed by atoms with Crippen LogP contribution in [0.3, 0.4) is 0 Å². The first-order valence-corrected chi connectivity index (χ1v) is 6.25. The van der Waals surface area contributed by atoms with Crippen LogP contribution < -0.4 is 16.6 Å². The van der Waals surface area contributed by atoms with Gasteiger partial charge in [0.25, 0.3) is 5.91 Å². The van der Waals surface area contributed by atoms with Gasteiger partial charge in [-0.15, -0.1) is 0 Å². The van der Waals surface area contributed by atoms with Gasteiger partial charge in [0.05, 0.1) is 11.3 Å². The number of carbonyl (C=O) groups is 1. The average Bonchev–Trinajstić information content (AvgIpc) is 3.18. The largest absolute Gasteiger partial charge is 0.352 e. The molecular formula is C13H18FN3O. The van der Waals surface area contributed by atoms with Crippen LogP contribution in [0.2, 0.25) is 0 Å². The van der Waals surface area contributed by atoms with Gasteiger partial charge in [0.2, 0.25) is 0 Å². The van der Waals surface area contributed by atoms with E-state index in [4.69, 9.17) is 5.84 Å². The molecule has 0 saturated heterocycles. The molecule has 5 heteroatoms. The Hall–Kier alpha value is -1.62. The van der Waals surface area contributed by atoms with Gasteiger partial charge in [0, 0.05) is 6.54 Å². The molecule has 1 saturated carbocycles. The fourth-order valence-electron chi connectivity index (χ4n) is 1.95. The molecule has 4 nitrogen and oxygen atoms in total. The molecule has 98 valence electrons. The molecule has 4 N–H and O–H groups in total. The summed E-state index contributed by atoms with van der Waals surface area (Å²) in [5.41, 5.74) is 2.51. The molecule has 0 bridgehead atoms. The molecule has 1 aliphatic carbocycles. The third-order valence-electron chi connectivity index (χ3n) is 3.17. The van der Waals surface area contributed by atoms with E-state index in [1.54, 1.807) is 6.07 Å². The number of hydrogen-bond donors (Lipinski definition) is 3. The number of rotatable bonds is 6. The highest BCUT2D eigenvalue weighted by atomic mass is 19.1. The summed E-state index contributed by atoms with van der Waals surface area (Å²) in [6.45, 7) is 0.621. The maximum absolute atomic E-state index is 13.4. The first-order valence-electron chi connectivity index (χ1n) is 6.25. The van der Waals surface area contributed by atoms with Gasteiger partial charge in [0.15, 0.2) is 0 Å². The quantitative estimate of drug-likeness (QED) is 0.412. The Labute approximate surface area is 106 Å². The lowest BCUT2D eigenvalue weighted by Gasteiger charge is -2.10. The van der Waals surface area contributed by atoms with E-state index < -0.39 is 5.82 Å². The second kappa shape index (κ2) is 5.82. The first-order chi connectivity index (χ1) is 8.72. The summed E-state index contributed by atoms with van der Waals surface area (Å²) in [7, 11) is 0. The summed E-state index contributed by atoms with van der Waals surface area (Å²) < 4.78 is 13.4. The summed E-state index contributed by atoms with van der Waals surface area (Å²) in [4.78, 5) is 11.9. The number of para-hydroxylation sites is 1. The SMILES string of the molecule is NNc1c(F)cccc1C(=O)NCCCC1CC1. The van der Waals surface area contributed by atoms with Crippen LogP contribution in [0, 0.1) is 11.7 Å². The first kappa shape index (κ1) is 12.8. The Morgan fingerprint density at radius 3 is 2.89 bits per heavy atom. The van der Waals surface area contributed by atoms with Crippen LogP contribution in [0.5, 0.6) is 0 Å². The number of hydrazine groups is 1. The van der Waals surface area contributed by atoms with E-state index in [1.165, 1.54) is 25.0 Å². The van der Waals surface area contributed by atoms with Gasteiger partial charge in [-0.3, -0.25) is 10.6 Å². The Morgan fingerprint density at radius 1 is 1.44 bits per heavy atom. The van der Waals surface area contributed by atoms with Crippen LogP contribution in [0.25, 0.3) is 0 Å². The summed E-state index contributed by atoms with van der Waals surface area (Å²) in [5, 5.41) is 2.78. The Bertz CT molecular complexity index is 432. The van der Waals surface area contributed by atoms with Crippen molar-refractivity contribution in [1.29, 1.82) is 0 Å². The fourth-order valence-corrected chi connectivity index (χ4v) is 1.95. The van der Waals surface area contributed by atoms with Crippen LogP contribution in [0.1, 0.15) is 36.0 Å². The average molecular weight is 251 g/mol. The summed E-state index contributed by atoms with van der Waals surface area (Å²) in [5.74, 6) is 5.26. The number of nitrogen functional groups attached to an aromatic ring is 1. The normalized spacial score (nSPS) is 14.3. The standard InChI is InChI=1S/C13H18FN3O/c14-11-5-1-4-10(12(11)17-15)13(18)16-8-2-3-9-6-7-9/h1,4-5,9,17H,2-3,6-8,15H2,(H,16,18). The molecule has 2 rings (SSSR count). The molecule has 1 fully saturated rings. The van der Waals surface area contributed by atoms with E-state index in [1.807, 2.05) is 0 Å². The zero-order valence-electron chi connectivity index (χ0n) is 10.2. The van der Waals surface area contributed by atoms with Crippen molar-refractivity contribution < 1.29 is 9.18 Å². The van der Waals surface area contributed by atoms with Crippen LogP contribution in [-0.2, 0) is 0 Å². The van der Waals surface area contributed by atoms with Crippen molar-refractivity contribution >= 4 is 11.6 Å².